The highest BCUT2D eigenvalue weighted by molar-refractivity contribution is 6.31. The lowest BCUT2D eigenvalue weighted by Crippen LogP contribution is -2.25. The van der Waals surface area contributed by atoms with Crippen LogP contribution in [0, 0.1) is 6.92 Å². The Labute approximate surface area is 162 Å². The molecule has 4 rings (SSSR count). The molecular weight excluding hydrogens is 362 g/mol. The monoisotopic (exact) mass is 381 g/mol. The Hall–Kier alpha value is -2.79. The fourth-order valence-corrected chi connectivity index (χ4v) is 3.73. The van der Waals surface area contributed by atoms with Crippen LogP contribution in [0.25, 0.3) is 5.69 Å². The van der Waals surface area contributed by atoms with E-state index in [0.29, 0.717) is 23.9 Å². The zero-order chi connectivity index (χ0) is 19.0. The number of fused-ring (bicyclic) bond motifs is 1. The van der Waals surface area contributed by atoms with Crippen LogP contribution < -0.4 is 10.1 Å². The number of benzene rings is 2. The fraction of sp³-hybridized carbons (Fsp3) is 0.238. The zero-order valence-electron chi connectivity index (χ0n) is 15.2. The number of nitrogens with zero attached hydrogens (tertiary/aromatic N) is 2. The molecule has 0 unspecified atom stereocenters. The average Bonchev–Trinajstić information content (AvgIpc) is 3.08. The van der Waals surface area contributed by atoms with Crippen molar-refractivity contribution in [3.05, 3.63) is 70.4 Å². The number of carbonyl (C=O) groups excluding carboxylic acids is 1. The van der Waals surface area contributed by atoms with Crippen molar-refractivity contribution >= 4 is 23.3 Å². The van der Waals surface area contributed by atoms with E-state index in [1.54, 1.807) is 4.68 Å². The van der Waals surface area contributed by atoms with Crippen LogP contribution in [0.1, 0.15) is 36.0 Å². The number of rotatable bonds is 4. The Morgan fingerprint density at radius 3 is 2.85 bits per heavy atom. The first-order valence-electron chi connectivity index (χ1n) is 8.95. The summed E-state index contributed by atoms with van der Waals surface area (Å²) >= 11 is 6.28. The molecule has 138 valence electrons. The summed E-state index contributed by atoms with van der Waals surface area (Å²) < 4.78 is 7.54. The number of para-hydroxylation sites is 1. The summed E-state index contributed by atoms with van der Waals surface area (Å²) in [5.41, 5.74) is 3.73. The van der Waals surface area contributed by atoms with Crippen molar-refractivity contribution in [2.45, 2.75) is 26.2 Å². The predicted octanol–water partition coefficient (Wildman–Crippen LogP) is 4.71. The molecule has 0 saturated carbocycles. The molecule has 1 atom stereocenters. The topological polar surface area (TPSA) is 56.1 Å². The predicted molar refractivity (Wildman–Crippen MR) is 106 cm³/mol. The number of hydrogen-bond donors (Lipinski definition) is 1. The van der Waals surface area contributed by atoms with Crippen molar-refractivity contribution in [3.63, 3.8) is 0 Å². The molecule has 1 aromatic heterocycles. The largest absolute Gasteiger partial charge is 0.494 e. The molecular formula is C21H20ClN3O2. The van der Waals surface area contributed by atoms with Crippen LogP contribution in [0.4, 0.5) is 5.82 Å². The number of halogens is 1. The first-order valence-corrected chi connectivity index (χ1v) is 9.33. The van der Waals surface area contributed by atoms with Crippen LogP contribution in [-0.4, -0.2) is 22.3 Å². The van der Waals surface area contributed by atoms with E-state index < -0.39 is 0 Å². The van der Waals surface area contributed by atoms with Crippen molar-refractivity contribution in [2.75, 3.05) is 11.9 Å². The highest BCUT2D eigenvalue weighted by atomic mass is 35.5. The van der Waals surface area contributed by atoms with Gasteiger partial charge in [0.2, 0.25) is 5.91 Å². The van der Waals surface area contributed by atoms with Gasteiger partial charge in [0.05, 0.1) is 18.5 Å². The van der Waals surface area contributed by atoms with Crippen LogP contribution in [0.3, 0.4) is 0 Å². The second-order valence-corrected chi connectivity index (χ2v) is 6.93. The number of carbonyl (C=O) groups is 1. The number of nitrogens with one attached hydrogen (secondary N) is 1. The highest BCUT2D eigenvalue weighted by Crippen LogP contribution is 2.41. The lowest BCUT2D eigenvalue weighted by Gasteiger charge is -2.25. The summed E-state index contributed by atoms with van der Waals surface area (Å²) in [5.74, 6) is 1.34. The minimum Gasteiger partial charge on any atom is -0.494 e. The number of amides is 1. The molecule has 3 aromatic rings. The van der Waals surface area contributed by atoms with Crippen molar-refractivity contribution in [2.24, 2.45) is 0 Å². The fourth-order valence-electron chi connectivity index (χ4n) is 3.56. The van der Waals surface area contributed by atoms with Gasteiger partial charge in [-0.2, -0.15) is 5.10 Å². The molecule has 1 aliphatic rings. The third-order valence-corrected chi connectivity index (χ3v) is 5.29. The number of aromatic nitrogens is 2. The molecule has 5 nitrogen and oxygen atoms in total. The average molecular weight is 382 g/mol. The molecule has 1 aliphatic heterocycles. The number of anilines is 1. The molecule has 0 spiro atoms. The molecule has 0 bridgehead atoms. The van der Waals surface area contributed by atoms with Crippen molar-refractivity contribution in [3.8, 4) is 11.4 Å². The second kappa shape index (κ2) is 7.08. The van der Waals surface area contributed by atoms with Gasteiger partial charge in [-0.3, -0.25) is 4.79 Å². The minimum absolute atomic E-state index is 0.0415. The second-order valence-electron chi connectivity index (χ2n) is 6.52. The third-order valence-electron chi connectivity index (χ3n) is 4.88. The molecule has 2 heterocycles. The maximum absolute atomic E-state index is 12.5. The van der Waals surface area contributed by atoms with E-state index in [4.69, 9.17) is 16.3 Å². The molecule has 6 heteroatoms. The summed E-state index contributed by atoms with van der Waals surface area (Å²) in [4.78, 5) is 12.5. The number of ether oxygens (including phenoxy) is 1. The summed E-state index contributed by atoms with van der Waals surface area (Å²) in [6.45, 7) is 4.47. The summed E-state index contributed by atoms with van der Waals surface area (Å²) in [7, 11) is 0. The van der Waals surface area contributed by atoms with Crippen LogP contribution in [0.2, 0.25) is 5.02 Å². The van der Waals surface area contributed by atoms with Gasteiger partial charge in [-0.15, -0.1) is 0 Å². The van der Waals surface area contributed by atoms with E-state index in [0.717, 1.165) is 28.1 Å². The normalized spacial score (nSPS) is 16.0. The molecule has 27 heavy (non-hydrogen) atoms. The Morgan fingerprint density at radius 2 is 2.04 bits per heavy atom. The summed E-state index contributed by atoms with van der Waals surface area (Å²) in [6, 6.07) is 13.5. The van der Waals surface area contributed by atoms with Gasteiger partial charge in [0.15, 0.2) is 0 Å². The van der Waals surface area contributed by atoms with Crippen molar-refractivity contribution < 1.29 is 9.53 Å². The highest BCUT2D eigenvalue weighted by Gasteiger charge is 2.32. The van der Waals surface area contributed by atoms with E-state index >= 15 is 0 Å². The van der Waals surface area contributed by atoms with Crippen LogP contribution in [0.15, 0.2) is 48.7 Å². The first kappa shape index (κ1) is 17.6. The van der Waals surface area contributed by atoms with Crippen LogP contribution >= 0.6 is 11.6 Å². The van der Waals surface area contributed by atoms with E-state index in [-0.39, 0.29) is 11.8 Å². The molecule has 0 radical (unpaired) electrons. The van der Waals surface area contributed by atoms with Gasteiger partial charge in [-0.1, -0.05) is 35.9 Å². The summed E-state index contributed by atoms with van der Waals surface area (Å²) in [5, 5.41) is 8.20. The Kier molecular flexibility index (Phi) is 4.62. The molecule has 0 fully saturated rings. The van der Waals surface area contributed by atoms with Gasteiger partial charge in [0.1, 0.15) is 11.6 Å². The van der Waals surface area contributed by atoms with E-state index in [1.807, 2.05) is 62.5 Å². The van der Waals surface area contributed by atoms with E-state index in [1.165, 1.54) is 0 Å². The maximum atomic E-state index is 12.5. The lowest BCUT2D eigenvalue weighted by atomic mass is 9.87. The van der Waals surface area contributed by atoms with Gasteiger partial charge in [-0.05, 0) is 37.6 Å². The molecule has 2 aromatic carbocycles. The van der Waals surface area contributed by atoms with Crippen LogP contribution in [0.5, 0.6) is 5.75 Å². The smallest absolute Gasteiger partial charge is 0.226 e. The standard InChI is InChI=1S/C21H20ClN3O2/c1-3-27-19-10-5-4-7-14(19)15-11-20(26)24-21-16(15)12-23-25(21)18-9-6-8-17(22)13(18)2/h4-10,12,15H,3,11H2,1-2H3,(H,24,26)/t15-/m1/s1. The van der Waals surface area contributed by atoms with Crippen LogP contribution in [-0.2, 0) is 4.79 Å². The van der Waals surface area contributed by atoms with Gasteiger partial charge < -0.3 is 10.1 Å². The van der Waals surface area contributed by atoms with E-state index in [9.17, 15) is 4.79 Å². The Morgan fingerprint density at radius 1 is 1.22 bits per heavy atom. The van der Waals surface area contributed by atoms with E-state index in [2.05, 4.69) is 10.4 Å². The molecule has 1 N–H and O–H groups in total. The van der Waals surface area contributed by atoms with Gasteiger partial charge >= 0.3 is 0 Å². The molecule has 0 aliphatic carbocycles. The maximum Gasteiger partial charge on any atom is 0.226 e. The number of hydrogen-bond acceptors (Lipinski definition) is 3. The minimum atomic E-state index is -0.107. The third kappa shape index (κ3) is 3.08. The summed E-state index contributed by atoms with van der Waals surface area (Å²) in [6.07, 6.45) is 2.18. The lowest BCUT2D eigenvalue weighted by molar-refractivity contribution is -0.116. The first-order chi connectivity index (χ1) is 13.1. The SMILES string of the molecule is CCOc1ccccc1[C@H]1CC(=O)Nc2c1cnn2-c1cccc(Cl)c1C. The molecule has 1 amide bonds. The van der Waals surface area contributed by atoms with Crippen molar-refractivity contribution in [1.82, 2.24) is 9.78 Å². The van der Waals surface area contributed by atoms with Gasteiger partial charge in [0.25, 0.3) is 0 Å². The zero-order valence-corrected chi connectivity index (χ0v) is 16.0. The Balaban J connectivity index is 1.85. The van der Waals surface area contributed by atoms with Gasteiger partial charge in [-0.25, -0.2) is 4.68 Å². The van der Waals surface area contributed by atoms with Gasteiger partial charge in [0, 0.05) is 28.5 Å². The quantitative estimate of drug-likeness (QED) is 0.712. The molecule has 0 saturated heterocycles. The Bertz CT molecular complexity index is 1010. The van der Waals surface area contributed by atoms with Crippen molar-refractivity contribution in [1.29, 1.82) is 0 Å².